The van der Waals surface area contributed by atoms with Crippen molar-refractivity contribution in [1.29, 1.82) is 0 Å². The highest BCUT2D eigenvalue weighted by molar-refractivity contribution is 14.1. The van der Waals surface area contributed by atoms with E-state index in [-0.39, 0.29) is 5.91 Å². The summed E-state index contributed by atoms with van der Waals surface area (Å²) in [6.45, 7) is 0. The number of anilines is 1. The maximum absolute atomic E-state index is 12.4. The van der Waals surface area contributed by atoms with E-state index in [0.29, 0.717) is 10.6 Å². The molecule has 3 rings (SSSR count). The van der Waals surface area contributed by atoms with Crippen molar-refractivity contribution in [3.05, 3.63) is 61.5 Å². The van der Waals surface area contributed by atoms with E-state index in [1.807, 2.05) is 48.5 Å². The van der Waals surface area contributed by atoms with E-state index in [2.05, 4.69) is 53.4 Å². The summed E-state index contributed by atoms with van der Waals surface area (Å²) >= 11 is 6.71. The van der Waals surface area contributed by atoms with Crippen molar-refractivity contribution < 1.29 is 4.79 Å². The molecule has 1 aromatic heterocycles. The van der Waals surface area contributed by atoms with Gasteiger partial charge in [0.2, 0.25) is 0 Å². The third-order valence-electron chi connectivity index (χ3n) is 2.91. The number of aromatic nitrogens is 2. The highest BCUT2D eigenvalue weighted by Gasteiger charge is 2.17. The first-order chi connectivity index (χ1) is 10.6. The van der Waals surface area contributed by atoms with Crippen LogP contribution in [0.1, 0.15) is 9.67 Å². The van der Waals surface area contributed by atoms with Gasteiger partial charge in [-0.3, -0.25) is 4.79 Å². The number of benzene rings is 2. The summed E-state index contributed by atoms with van der Waals surface area (Å²) in [4.78, 5) is 12.9. The van der Waals surface area contributed by atoms with Crippen molar-refractivity contribution >= 4 is 61.6 Å². The lowest BCUT2D eigenvalue weighted by atomic mass is 10.1. The van der Waals surface area contributed by atoms with Crippen molar-refractivity contribution in [2.45, 2.75) is 0 Å². The van der Waals surface area contributed by atoms with Gasteiger partial charge in [0.25, 0.3) is 5.91 Å². The molecule has 0 aliphatic rings. The Morgan fingerprint density at radius 1 is 1.09 bits per heavy atom. The van der Waals surface area contributed by atoms with Crippen LogP contribution in [0.5, 0.6) is 0 Å². The van der Waals surface area contributed by atoms with Crippen LogP contribution in [0, 0.1) is 3.57 Å². The van der Waals surface area contributed by atoms with Crippen molar-refractivity contribution in [1.82, 2.24) is 9.59 Å². The Balaban J connectivity index is 1.86. The number of nitrogens with zero attached hydrogens (tertiary/aromatic N) is 2. The Bertz CT molecular complexity index is 802. The second kappa shape index (κ2) is 6.84. The van der Waals surface area contributed by atoms with Gasteiger partial charge in [-0.05, 0) is 70.5 Å². The third kappa shape index (κ3) is 3.53. The fourth-order valence-corrected chi connectivity index (χ4v) is 3.06. The number of hydrogen-bond acceptors (Lipinski definition) is 4. The minimum atomic E-state index is -0.200. The summed E-state index contributed by atoms with van der Waals surface area (Å²) in [5, 5.41) is 6.96. The van der Waals surface area contributed by atoms with E-state index >= 15 is 0 Å². The minimum Gasteiger partial charge on any atom is -0.321 e. The summed E-state index contributed by atoms with van der Waals surface area (Å²) in [5.41, 5.74) is 2.21. The maximum atomic E-state index is 12.4. The molecular weight excluding hydrogens is 477 g/mol. The summed E-state index contributed by atoms with van der Waals surface area (Å²) in [6.07, 6.45) is 0. The molecule has 0 bridgehead atoms. The predicted molar refractivity (Wildman–Crippen MR) is 100 cm³/mol. The first kappa shape index (κ1) is 15.6. The molecule has 0 fully saturated rings. The number of nitrogens with one attached hydrogen (secondary N) is 1. The zero-order valence-corrected chi connectivity index (χ0v) is 15.6. The lowest BCUT2D eigenvalue weighted by Gasteiger charge is -2.05. The summed E-state index contributed by atoms with van der Waals surface area (Å²) in [7, 11) is 0. The Morgan fingerprint density at radius 3 is 2.45 bits per heavy atom. The van der Waals surface area contributed by atoms with E-state index in [0.717, 1.165) is 30.8 Å². The Labute approximate surface area is 153 Å². The highest BCUT2D eigenvalue weighted by Crippen LogP contribution is 2.26. The summed E-state index contributed by atoms with van der Waals surface area (Å²) < 4.78 is 6.01. The molecule has 0 atom stereocenters. The average Bonchev–Trinajstić information content (AvgIpc) is 3.00. The van der Waals surface area contributed by atoms with Crippen LogP contribution >= 0.6 is 50.1 Å². The molecule has 1 amide bonds. The topological polar surface area (TPSA) is 54.9 Å². The molecule has 22 heavy (non-hydrogen) atoms. The van der Waals surface area contributed by atoms with Crippen molar-refractivity contribution in [2.24, 2.45) is 0 Å². The van der Waals surface area contributed by atoms with E-state index in [1.54, 1.807) is 0 Å². The molecule has 1 N–H and O–H groups in total. The molecular formula is C15H9BrIN3OS. The van der Waals surface area contributed by atoms with Crippen LogP contribution in [-0.4, -0.2) is 15.5 Å². The third-order valence-corrected chi connectivity index (χ3v) is 4.89. The van der Waals surface area contributed by atoms with Crippen LogP contribution in [0.25, 0.3) is 11.3 Å². The number of hydrogen-bond donors (Lipinski definition) is 1. The molecule has 0 saturated carbocycles. The molecule has 0 aliphatic carbocycles. The maximum Gasteiger partial charge on any atom is 0.269 e. The molecule has 0 spiro atoms. The van der Waals surface area contributed by atoms with E-state index in [1.165, 1.54) is 0 Å². The molecule has 110 valence electrons. The smallest absolute Gasteiger partial charge is 0.269 e. The van der Waals surface area contributed by atoms with E-state index in [9.17, 15) is 4.79 Å². The largest absolute Gasteiger partial charge is 0.321 e. The standard InChI is InChI=1S/C15H9BrIN3OS/c16-10-3-1-9(2-4-10)13-14(22-20-19-13)15(21)18-12-7-5-11(17)6-8-12/h1-8H,(H,18,21). The number of carbonyl (C=O) groups excluding carboxylic acids is 1. The monoisotopic (exact) mass is 485 g/mol. The second-order valence-corrected chi connectivity index (χ2v) is 7.33. The van der Waals surface area contributed by atoms with Gasteiger partial charge in [0, 0.05) is 19.3 Å². The van der Waals surface area contributed by atoms with Crippen molar-refractivity contribution in [3.63, 3.8) is 0 Å². The van der Waals surface area contributed by atoms with E-state index < -0.39 is 0 Å². The zero-order chi connectivity index (χ0) is 15.5. The van der Waals surface area contributed by atoms with Gasteiger partial charge in [-0.1, -0.05) is 32.6 Å². The lowest BCUT2D eigenvalue weighted by molar-refractivity contribution is 0.103. The number of halogens is 2. The first-order valence-corrected chi connectivity index (χ1v) is 8.93. The molecule has 0 aliphatic heterocycles. The van der Waals surface area contributed by atoms with Gasteiger partial charge in [-0.25, -0.2) is 0 Å². The molecule has 3 aromatic rings. The number of carbonyl (C=O) groups is 1. The van der Waals surface area contributed by atoms with Crippen molar-refractivity contribution in [3.8, 4) is 11.3 Å². The van der Waals surface area contributed by atoms with Gasteiger partial charge in [0.15, 0.2) is 0 Å². The Hall–Kier alpha value is -1.32. The normalized spacial score (nSPS) is 10.5. The fourth-order valence-electron chi connectivity index (χ4n) is 1.86. The Kier molecular flexibility index (Phi) is 4.84. The number of amides is 1. The van der Waals surface area contributed by atoms with Crippen LogP contribution in [0.3, 0.4) is 0 Å². The van der Waals surface area contributed by atoms with Gasteiger partial charge in [0.05, 0.1) is 0 Å². The SMILES string of the molecule is O=C(Nc1ccc(I)cc1)c1snnc1-c1ccc(Br)cc1. The fraction of sp³-hybridized carbons (Fsp3) is 0. The van der Waals surface area contributed by atoms with Crippen molar-refractivity contribution in [2.75, 3.05) is 5.32 Å². The number of rotatable bonds is 3. The van der Waals surface area contributed by atoms with Gasteiger partial charge < -0.3 is 5.32 Å². The molecule has 0 radical (unpaired) electrons. The Morgan fingerprint density at radius 2 is 1.77 bits per heavy atom. The molecule has 1 heterocycles. The second-order valence-electron chi connectivity index (χ2n) is 4.42. The molecule has 7 heteroatoms. The predicted octanol–water partition coefficient (Wildman–Crippen LogP) is 4.82. The first-order valence-electron chi connectivity index (χ1n) is 6.29. The molecule has 0 unspecified atom stereocenters. The van der Waals surface area contributed by atoms with Gasteiger partial charge in [-0.2, -0.15) is 0 Å². The summed E-state index contributed by atoms with van der Waals surface area (Å²) in [5.74, 6) is -0.200. The highest BCUT2D eigenvalue weighted by atomic mass is 127. The van der Waals surface area contributed by atoms with E-state index in [4.69, 9.17) is 0 Å². The molecule has 0 saturated heterocycles. The summed E-state index contributed by atoms with van der Waals surface area (Å²) in [6, 6.07) is 15.3. The minimum absolute atomic E-state index is 0.200. The van der Waals surface area contributed by atoms with Crippen LogP contribution in [0.15, 0.2) is 53.0 Å². The van der Waals surface area contributed by atoms with Gasteiger partial charge in [0.1, 0.15) is 10.6 Å². The van der Waals surface area contributed by atoms with Crippen LogP contribution in [0.2, 0.25) is 0 Å². The average molecular weight is 486 g/mol. The van der Waals surface area contributed by atoms with Crippen LogP contribution < -0.4 is 5.32 Å². The van der Waals surface area contributed by atoms with Gasteiger partial charge in [-0.15, -0.1) is 5.10 Å². The van der Waals surface area contributed by atoms with Crippen LogP contribution in [-0.2, 0) is 0 Å². The van der Waals surface area contributed by atoms with Gasteiger partial charge >= 0.3 is 0 Å². The molecule has 2 aromatic carbocycles. The van der Waals surface area contributed by atoms with Crippen LogP contribution in [0.4, 0.5) is 5.69 Å². The molecule has 4 nitrogen and oxygen atoms in total. The zero-order valence-electron chi connectivity index (χ0n) is 11.1. The quantitative estimate of drug-likeness (QED) is 0.541. The lowest BCUT2D eigenvalue weighted by Crippen LogP contribution is -2.11.